The van der Waals surface area contributed by atoms with Crippen LogP contribution >= 0.6 is 0 Å². The van der Waals surface area contributed by atoms with Gasteiger partial charge in [-0.1, -0.05) is 0 Å². The van der Waals surface area contributed by atoms with E-state index in [1.807, 2.05) is 0 Å². The third kappa shape index (κ3) is 2.79. The maximum Gasteiger partial charge on any atom is 0.326 e. The zero-order valence-corrected chi connectivity index (χ0v) is 10.4. The van der Waals surface area contributed by atoms with Gasteiger partial charge in [0.2, 0.25) is 0 Å². The van der Waals surface area contributed by atoms with Gasteiger partial charge in [-0.05, 0) is 12.1 Å². The summed E-state index contributed by atoms with van der Waals surface area (Å²) in [6.07, 6.45) is -2.26. The standard InChI is InChI=1S/C12H14F2N2O4/c13-10(14)6-15-3-1-2-8(15)11(18)16-5-7(17)4-9(16)12(19)20/h1-3,7,9-10,17H,4-6H2,(H,19,20)/t7?,9-/m0/s1. The van der Waals surface area contributed by atoms with Gasteiger partial charge in [0.05, 0.1) is 12.6 Å². The van der Waals surface area contributed by atoms with Gasteiger partial charge in [-0.15, -0.1) is 0 Å². The summed E-state index contributed by atoms with van der Waals surface area (Å²) >= 11 is 0. The summed E-state index contributed by atoms with van der Waals surface area (Å²) in [6.45, 7) is -0.752. The number of rotatable bonds is 4. The number of hydrogen-bond acceptors (Lipinski definition) is 3. The van der Waals surface area contributed by atoms with Gasteiger partial charge in [0.1, 0.15) is 11.7 Å². The Morgan fingerprint density at radius 3 is 2.75 bits per heavy atom. The summed E-state index contributed by atoms with van der Waals surface area (Å²) in [7, 11) is 0. The van der Waals surface area contributed by atoms with Gasteiger partial charge in [0.15, 0.2) is 0 Å². The number of alkyl halides is 2. The number of hydrogen-bond donors (Lipinski definition) is 2. The van der Waals surface area contributed by atoms with Crippen LogP contribution in [0.3, 0.4) is 0 Å². The molecule has 1 aliphatic rings. The van der Waals surface area contributed by atoms with Gasteiger partial charge in [0.25, 0.3) is 12.3 Å². The van der Waals surface area contributed by atoms with Crippen molar-refractivity contribution in [2.75, 3.05) is 6.54 Å². The number of aliphatic carboxylic acids is 1. The molecule has 1 saturated heterocycles. The van der Waals surface area contributed by atoms with Crippen LogP contribution in [0, 0.1) is 0 Å². The number of likely N-dealkylation sites (tertiary alicyclic amines) is 1. The fourth-order valence-electron chi connectivity index (χ4n) is 2.34. The van der Waals surface area contributed by atoms with E-state index in [0.717, 1.165) is 9.47 Å². The van der Waals surface area contributed by atoms with Crippen LogP contribution in [0.25, 0.3) is 0 Å². The minimum absolute atomic E-state index is 0.00866. The van der Waals surface area contributed by atoms with E-state index in [0.29, 0.717) is 0 Å². The van der Waals surface area contributed by atoms with E-state index in [1.54, 1.807) is 0 Å². The van der Waals surface area contributed by atoms with Crippen molar-refractivity contribution in [3.05, 3.63) is 24.0 Å². The second-order valence-corrected chi connectivity index (χ2v) is 4.64. The Kier molecular flexibility index (Phi) is 4.03. The molecule has 110 valence electrons. The lowest BCUT2D eigenvalue weighted by Crippen LogP contribution is -2.41. The maximum atomic E-state index is 12.4. The largest absolute Gasteiger partial charge is 0.480 e. The fraction of sp³-hybridized carbons (Fsp3) is 0.500. The molecule has 8 heteroatoms. The molecule has 2 N–H and O–H groups in total. The summed E-state index contributed by atoms with van der Waals surface area (Å²) in [6, 6.07) is 1.67. The molecule has 1 unspecified atom stereocenters. The molecule has 1 fully saturated rings. The molecule has 2 atom stereocenters. The molecule has 0 bridgehead atoms. The molecule has 1 aromatic heterocycles. The van der Waals surface area contributed by atoms with Gasteiger partial charge < -0.3 is 19.7 Å². The summed E-state index contributed by atoms with van der Waals surface area (Å²) in [5.74, 6) is -1.89. The van der Waals surface area contributed by atoms with Crippen LogP contribution in [0.4, 0.5) is 8.78 Å². The number of carboxylic acid groups (broad SMARTS) is 1. The number of β-amino-alcohol motifs (C(OH)–C–C–N with tert-alkyl or cyclic N) is 1. The van der Waals surface area contributed by atoms with Crippen molar-refractivity contribution in [2.24, 2.45) is 0 Å². The molecule has 6 nitrogen and oxygen atoms in total. The molecule has 2 rings (SSSR count). The summed E-state index contributed by atoms with van der Waals surface area (Å²) < 4.78 is 25.9. The molecule has 1 amide bonds. The lowest BCUT2D eigenvalue weighted by atomic mass is 10.2. The van der Waals surface area contributed by atoms with E-state index < -0.39 is 37.0 Å². The first kappa shape index (κ1) is 14.4. The van der Waals surface area contributed by atoms with E-state index in [9.17, 15) is 23.5 Å². The first-order valence-electron chi connectivity index (χ1n) is 6.05. The molecule has 0 radical (unpaired) electrons. The lowest BCUT2D eigenvalue weighted by molar-refractivity contribution is -0.141. The minimum Gasteiger partial charge on any atom is -0.480 e. The highest BCUT2D eigenvalue weighted by Gasteiger charge is 2.39. The quantitative estimate of drug-likeness (QED) is 0.841. The van der Waals surface area contributed by atoms with Crippen LogP contribution in [0.1, 0.15) is 16.9 Å². The van der Waals surface area contributed by atoms with Gasteiger partial charge >= 0.3 is 5.97 Å². The van der Waals surface area contributed by atoms with Crippen LogP contribution in [-0.2, 0) is 11.3 Å². The van der Waals surface area contributed by atoms with E-state index in [-0.39, 0.29) is 18.7 Å². The zero-order valence-electron chi connectivity index (χ0n) is 10.4. The van der Waals surface area contributed by atoms with Crippen molar-refractivity contribution in [3.63, 3.8) is 0 Å². The Balaban J connectivity index is 2.22. The molecule has 2 heterocycles. The molecule has 0 spiro atoms. The molecule has 1 aliphatic heterocycles. The first-order chi connectivity index (χ1) is 9.40. The first-order valence-corrected chi connectivity index (χ1v) is 6.05. The Bertz CT molecular complexity index is 517. The average Bonchev–Trinajstić information content (AvgIpc) is 2.94. The SMILES string of the molecule is O=C(O)[C@@H]1CC(O)CN1C(=O)c1cccn1CC(F)F. The molecule has 0 aliphatic carbocycles. The highest BCUT2D eigenvalue weighted by molar-refractivity contribution is 5.95. The molecule has 1 aromatic rings. The van der Waals surface area contributed by atoms with Crippen molar-refractivity contribution < 1.29 is 28.6 Å². The molecule has 20 heavy (non-hydrogen) atoms. The number of aromatic nitrogens is 1. The predicted octanol–water partition coefficient (Wildman–Crippen LogP) is 0.413. The second kappa shape index (κ2) is 5.58. The highest BCUT2D eigenvalue weighted by Crippen LogP contribution is 2.21. The van der Waals surface area contributed by atoms with Crippen molar-refractivity contribution in [1.82, 2.24) is 9.47 Å². The Morgan fingerprint density at radius 1 is 1.45 bits per heavy atom. The van der Waals surface area contributed by atoms with Crippen LogP contribution in [0.15, 0.2) is 18.3 Å². The van der Waals surface area contributed by atoms with Crippen molar-refractivity contribution >= 4 is 11.9 Å². The van der Waals surface area contributed by atoms with Gasteiger partial charge in [0, 0.05) is 19.2 Å². The number of amides is 1. The number of halogens is 2. The third-order valence-corrected chi connectivity index (χ3v) is 3.21. The van der Waals surface area contributed by atoms with Gasteiger partial charge in [-0.3, -0.25) is 4.79 Å². The van der Waals surface area contributed by atoms with Crippen LogP contribution < -0.4 is 0 Å². The normalized spacial score (nSPS) is 22.5. The summed E-state index contributed by atoms with van der Waals surface area (Å²) in [5, 5.41) is 18.5. The molecule has 0 aromatic carbocycles. The second-order valence-electron chi connectivity index (χ2n) is 4.64. The number of aliphatic hydroxyl groups is 1. The van der Waals surface area contributed by atoms with Gasteiger partial charge in [-0.25, -0.2) is 13.6 Å². The average molecular weight is 288 g/mol. The van der Waals surface area contributed by atoms with Crippen LogP contribution in [-0.4, -0.2) is 56.7 Å². The maximum absolute atomic E-state index is 12.4. The molecule has 0 saturated carbocycles. The third-order valence-electron chi connectivity index (χ3n) is 3.21. The van der Waals surface area contributed by atoms with E-state index in [4.69, 9.17) is 5.11 Å². The number of carbonyl (C=O) groups excluding carboxylic acids is 1. The number of carboxylic acids is 1. The van der Waals surface area contributed by atoms with Crippen LogP contribution in [0.2, 0.25) is 0 Å². The Hall–Kier alpha value is -1.96. The fourth-order valence-corrected chi connectivity index (χ4v) is 2.34. The Labute approximate surface area is 113 Å². The van der Waals surface area contributed by atoms with Crippen molar-refractivity contribution in [3.8, 4) is 0 Å². The van der Waals surface area contributed by atoms with E-state index >= 15 is 0 Å². The lowest BCUT2D eigenvalue weighted by Gasteiger charge is -2.21. The topological polar surface area (TPSA) is 82.8 Å². The highest BCUT2D eigenvalue weighted by atomic mass is 19.3. The minimum atomic E-state index is -2.62. The summed E-state index contributed by atoms with van der Waals surface area (Å²) in [4.78, 5) is 24.3. The zero-order chi connectivity index (χ0) is 14.9. The van der Waals surface area contributed by atoms with Crippen molar-refractivity contribution in [1.29, 1.82) is 0 Å². The van der Waals surface area contributed by atoms with Crippen molar-refractivity contribution in [2.45, 2.75) is 31.5 Å². The molecular weight excluding hydrogens is 274 g/mol. The Morgan fingerprint density at radius 2 is 2.15 bits per heavy atom. The van der Waals surface area contributed by atoms with E-state index in [2.05, 4.69) is 0 Å². The van der Waals surface area contributed by atoms with Gasteiger partial charge in [-0.2, -0.15) is 0 Å². The number of nitrogens with zero attached hydrogens (tertiary/aromatic N) is 2. The van der Waals surface area contributed by atoms with Crippen LogP contribution in [0.5, 0.6) is 0 Å². The molecular formula is C12H14F2N2O4. The number of aliphatic hydroxyl groups excluding tert-OH is 1. The smallest absolute Gasteiger partial charge is 0.326 e. The monoisotopic (exact) mass is 288 g/mol. The predicted molar refractivity (Wildman–Crippen MR) is 63.5 cm³/mol. The summed E-state index contributed by atoms with van der Waals surface area (Å²) in [5.41, 5.74) is -0.00866. The van der Waals surface area contributed by atoms with E-state index in [1.165, 1.54) is 18.3 Å². The number of carbonyl (C=O) groups is 2.